The molecule has 2 nitrogen and oxygen atoms in total. The van der Waals surface area contributed by atoms with E-state index in [0.717, 1.165) is 12.0 Å². The highest BCUT2D eigenvalue weighted by Crippen LogP contribution is 2.33. The number of benzene rings is 2. The first-order chi connectivity index (χ1) is 10.2. The van der Waals surface area contributed by atoms with Crippen LogP contribution in [-0.4, -0.2) is 12.4 Å². The summed E-state index contributed by atoms with van der Waals surface area (Å²) >= 11 is 12.1. The van der Waals surface area contributed by atoms with E-state index in [4.69, 9.17) is 27.9 Å². The predicted octanol–water partition coefficient (Wildman–Crippen LogP) is 4.88. The first-order valence-electron chi connectivity index (χ1n) is 6.83. The number of hydrogen-bond donors (Lipinski definition) is 0. The molecule has 4 heteroatoms. The minimum absolute atomic E-state index is 0.0517. The molecule has 2 aromatic carbocycles. The molecule has 1 aliphatic heterocycles. The van der Waals surface area contributed by atoms with Gasteiger partial charge in [-0.05, 0) is 29.7 Å². The molecule has 1 atom stereocenters. The highest BCUT2D eigenvalue weighted by atomic mass is 35.5. The van der Waals surface area contributed by atoms with E-state index in [2.05, 4.69) is 6.07 Å². The molecule has 0 amide bonds. The summed E-state index contributed by atoms with van der Waals surface area (Å²) in [7, 11) is 0. The lowest BCUT2D eigenvalue weighted by Crippen LogP contribution is -2.19. The molecule has 108 valence electrons. The minimum atomic E-state index is -0.211. The highest BCUT2D eigenvalue weighted by molar-refractivity contribution is 6.43. The number of Topliss-reactive ketones (excluding diaryl/α,β-unsaturated/α-hetero) is 1. The molecule has 0 aromatic heterocycles. The van der Waals surface area contributed by atoms with Crippen molar-refractivity contribution in [3.05, 3.63) is 69.2 Å². The van der Waals surface area contributed by atoms with Gasteiger partial charge in [0.05, 0.1) is 22.8 Å². The fraction of sp³-hybridized carbons (Fsp3) is 0.235. The molecule has 0 fully saturated rings. The summed E-state index contributed by atoms with van der Waals surface area (Å²) in [5.74, 6) is -0.0517. The molecule has 2 aromatic rings. The Kier molecular flexibility index (Phi) is 4.29. The average molecular weight is 321 g/mol. The van der Waals surface area contributed by atoms with Crippen molar-refractivity contribution in [3.8, 4) is 0 Å². The van der Waals surface area contributed by atoms with Gasteiger partial charge in [0, 0.05) is 12.0 Å². The van der Waals surface area contributed by atoms with E-state index >= 15 is 0 Å². The molecular weight excluding hydrogens is 307 g/mol. The minimum Gasteiger partial charge on any atom is -0.373 e. The van der Waals surface area contributed by atoms with E-state index < -0.39 is 0 Å². The van der Waals surface area contributed by atoms with Crippen molar-refractivity contribution in [2.45, 2.75) is 18.9 Å². The molecule has 0 bridgehead atoms. The summed E-state index contributed by atoms with van der Waals surface area (Å²) in [6.07, 6.45) is 0.952. The van der Waals surface area contributed by atoms with Crippen LogP contribution >= 0.6 is 23.2 Å². The lowest BCUT2D eigenvalue weighted by molar-refractivity contribution is 0.0352. The fourth-order valence-corrected chi connectivity index (χ4v) is 3.05. The first-order valence-corrected chi connectivity index (χ1v) is 7.59. The van der Waals surface area contributed by atoms with Gasteiger partial charge in [-0.1, -0.05) is 53.5 Å². The Balaban J connectivity index is 1.85. The van der Waals surface area contributed by atoms with Gasteiger partial charge < -0.3 is 4.74 Å². The lowest BCUT2D eigenvalue weighted by Gasteiger charge is -2.25. The third-order valence-corrected chi connectivity index (χ3v) is 4.53. The number of ether oxygens (including phenoxy) is 1. The summed E-state index contributed by atoms with van der Waals surface area (Å²) in [4.78, 5) is 12.5. The fourth-order valence-electron chi connectivity index (χ4n) is 2.64. The van der Waals surface area contributed by atoms with Gasteiger partial charge in [-0.2, -0.15) is 0 Å². The zero-order valence-corrected chi connectivity index (χ0v) is 12.8. The number of carbonyl (C=O) groups is 1. The number of hydrogen-bond acceptors (Lipinski definition) is 2. The Labute approximate surface area is 133 Å². The summed E-state index contributed by atoms with van der Waals surface area (Å²) < 4.78 is 5.77. The second kappa shape index (κ2) is 6.18. The van der Waals surface area contributed by atoms with E-state index in [1.165, 1.54) is 5.56 Å². The average Bonchev–Trinajstić information content (AvgIpc) is 2.50. The molecule has 0 aliphatic carbocycles. The number of halogens is 2. The van der Waals surface area contributed by atoms with Crippen LogP contribution in [0.4, 0.5) is 0 Å². The molecular formula is C17H14Cl2O2. The summed E-state index contributed by atoms with van der Waals surface area (Å²) in [6, 6.07) is 13.2. The van der Waals surface area contributed by atoms with Gasteiger partial charge in [0.15, 0.2) is 5.78 Å². The summed E-state index contributed by atoms with van der Waals surface area (Å²) in [5.41, 5.74) is 2.80. The van der Waals surface area contributed by atoms with Crippen molar-refractivity contribution in [1.82, 2.24) is 0 Å². The first kappa shape index (κ1) is 14.6. The van der Waals surface area contributed by atoms with Crippen molar-refractivity contribution < 1.29 is 9.53 Å². The molecule has 1 aliphatic rings. The Morgan fingerprint density at radius 1 is 1.14 bits per heavy atom. The van der Waals surface area contributed by atoms with Crippen molar-refractivity contribution in [3.63, 3.8) is 0 Å². The molecule has 0 spiro atoms. The number of carbonyl (C=O) groups excluding carboxylic acids is 1. The maximum atomic E-state index is 12.5. The van der Waals surface area contributed by atoms with Gasteiger partial charge in [-0.15, -0.1) is 0 Å². The Hall–Kier alpha value is -1.35. The van der Waals surface area contributed by atoms with Gasteiger partial charge in [0.2, 0.25) is 0 Å². The van der Waals surface area contributed by atoms with Crippen LogP contribution in [0.1, 0.15) is 34.0 Å². The van der Waals surface area contributed by atoms with Crippen LogP contribution in [-0.2, 0) is 11.2 Å². The lowest BCUT2D eigenvalue weighted by atomic mass is 9.93. The topological polar surface area (TPSA) is 26.3 Å². The van der Waals surface area contributed by atoms with Gasteiger partial charge in [-0.3, -0.25) is 4.79 Å². The highest BCUT2D eigenvalue weighted by Gasteiger charge is 2.24. The van der Waals surface area contributed by atoms with Crippen LogP contribution in [0.25, 0.3) is 0 Å². The van der Waals surface area contributed by atoms with Crippen LogP contribution in [0.5, 0.6) is 0 Å². The maximum absolute atomic E-state index is 12.5. The van der Waals surface area contributed by atoms with Crippen molar-refractivity contribution in [2.24, 2.45) is 0 Å². The smallest absolute Gasteiger partial charge is 0.167 e. The zero-order chi connectivity index (χ0) is 14.8. The standard InChI is InChI=1S/C17H14Cl2O2/c18-14-7-3-6-13(17(14)19)15(20)10-16-12-5-2-1-4-11(12)8-9-21-16/h1-7,16H,8-10H2. The molecule has 1 heterocycles. The molecule has 0 N–H and O–H groups in total. The Morgan fingerprint density at radius 2 is 1.95 bits per heavy atom. The Morgan fingerprint density at radius 3 is 2.81 bits per heavy atom. The van der Waals surface area contributed by atoms with Gasteiger partial charge in [0.25, 0.3) is 0 Å². The van der Waals surface area contributed by atoms with Gasteiger partial charge >= 0.3 is 0 Å². The maximum Gasteiger partial charge on any atom is 0.167 e. The summed E-state index contributed by atoms with van der Waals surface area (Å²) in [6.45, 7) is 0.637. The monoisotopic (exact) mass is 320 g/mol. The second-order valence-corrected chi connectivity index (χ2v) is 5.82. The van der Waals surface area contributed by atoms with Crippen molar-refractivity contribution in [1.29, 1.82) is 0 Å². The molecule has 3 rings (SSSR count). The number of fused-ring (bicyclic) bond motifs is 1. The van der Waals surface area contributed by atoms with Crippen LogP contribution in [0.3, 0.4) is 0 Å². The quantitative estimate of drug-likeness (QED) is 0.753. The van der Waals surface area contributed by atoms with E-state index in [1.807, 2.05) is 18.2 Å². The third kappa shape index (κ3) is 2.98. The molecule has 0 radical (unpaired) electrons. The van der Waals surface area contributed by atoms with Crippen LogP contribution in [0.15, 0.2) is 42.5 Å². The van der Waals surface area contributed by atoms with Crippen LogP contribution < -0.4 is 0 Å². The van der Waals surface area contributed by atoms with E-state index in [9.17, 15) is 4.79 Å². The van der Waals surface area contributed by atoms with Gasteiger partial charge in [-0.25, -0.2) is 0 Å². The van der Waals surface area contributed by atoms with Crippen LogP contribution in [0.2, 0.25) is 10.0 Å². The van der Waals surface area contributed by atoms with Gasteiger partial charge in [0.1, 0.15) is 0 Å². The van der Waals surface area contributed by atoms with Crippen LogP contribution in [0, 0.1) is 0 Å². The SMILES string of the molecule is O=C(CC1OCCc2ccccc21)c1cccc(Cl)c1Cl. The third-order valence-electron chi connectivity index (χ3n) is 3.72. The van der Waals surface area contributed by atoms with E-state index in [1.54, 1.807) is 18.2 Å². The van der Waals surface area contributed by atoms with Crippen molar-refractivity contribution in [2.75, 3.05) is 6.61 Å². The van der Waals surface area contributed by atoms with E-state index in [0.29, 0.717) is 22.2 Å². The molecule has 0 saturated heterocycles. The molecule has 21 heavy (non-hydrogen) atoms. The molecule has 0 saturated carbocycles. The zero-order valence-electron chi connectivity index (χ0n) is 11.3. The number of ketones is 1. The Bertz CT molecular complexity index is 682. The van der Waals surface area contributed by atoms with E-state index in [-0.39, 0.29) is 18.3 Å². The normalized spacial score (nSPS) is 17.3. The predicted molar refractivity (Wildman–Crippen MR) is 84.2 cm³/mol. The molecule has 1 unspecified atom stereocenters. The summed E-state index contributed by atoms with van der Waals surface area (Å²) in [5, 5.41) is 0.709. The second-order valence-electron chi connectivity index (χ2n) is 5.04. The number of rotatable bonds is 3. The van der Waals surface area contributed by atoms with Crippen molar-refractivity contribution >= 4 is 29.0 Å². The largest absolute Gasteiger partial charge is 0.373 e.